The first-order chi connectivity index (χ1) is 16.6. The summed E-state index contributed by atoms with van der Waals surface area (Å²) in [6.45, 7) is 1.59. The largest absolute Gasteiger partial charge is 0.489 e. The van der Waals surface area contributed by atoms with Crippen molar-refractivity contribution >= 4 is 28.5 Å². The molecule has 0 radical (unpaired) electrons. The summed E-state index contributed by atoms with van der Waals surface area (Å²) in [4.78, 5) is 19.6. The molecule has 2 atom stereocenters. The van der Waals surface area contributed by atoms with Gasteiger partial charge >= 0.3 is 0 Å². The van der Waals surface area contributed by atoms with E-state index in [0.29, 0.717) is 36.8 Å². The van der Waals surface area contributed by atoms with Crippen LogP contribution in [0, 0.1) is 0 Å². The summed E-state index contributed by atoms with van der Waals surface area (Å²) in [5.74, 6) is 1.44. The quantitative estimate of drug-likeness (QED) is 0.403. The van der Waals surface area contributed by atoms with Gasteiger partial charge in [-0.15, -0.1) is 0 Å². The van der Waals surface area contributed by atoms with E-state index in [-0.39, 0.29) is 18.4 Å². The van der Waals surface area contributed by atoms with Crippen LogP contribution in [0.5, 0.6) is 5.75 Å². The number of likely N-dealkylation sites (tertiary alicyclic amines) is 1. The maximum Gasteiger partial charge on any atom is 0.223 e. The molecule has 0 unspecified atom stereocenters. The number of rotatable bonds is 8. The first-order valence-electron chi connectivity index (χ1n) is 11.4. The Morgan fingerprint density at radius 3 is 2.59 bits per heavy atom. The standard InChI is InChI=1S/C27H26ClN3O3/c28-22-10-4-7-13-25(22)34-18-21(32)17-31-24-12-6-5-11-23(24)29-27(31)20-14-26(33)30(16-20)15-19-8-2-1-3-9-19/h1-13,20-21,32H,14-18H2/t20-,21+/m0/s1. The predicted molar refractivity (Wildman–Crippen MR) is 132 cm³/mol. The number of carbonyl (C=O) groups excluding carboxylic acids is 1. The number of benzene rings is 3. The third-order valence-corrected chi connectivity index (χ3v) is 6.45. The fraction of sp³-hybridized carbons (Fsp3) is 0.259. The van der Waals surface area contributed by atoms with Crippen LogP contribution >= 0.6 is 11.6 Å². The van der Waals surface area contributed by atoms with Gasteiger partial charge in [-0.25, -0.2) is 4.98 Å². The van der Waals surface area contributed by atoms with Crippen LogP contribution in [-0.4, -0.2) is 44.7 Å². The minimum absolute atomic E-state index is 0.0414. The molecule has 6 nitrogen and oxygen atoms in total. The zero-order valence-corrected chi connectivity index (χ0v) is 19.4. The second kappa shape index (κ2) is 9.87. The highest BCUT2D eigenvalue weighted by molar-refractivity contribution is 6.32. The summed E-state index contributed by atoms with van der Waals surface area (Å²) in [5, 5.41) is 11.3. The van der Waals surface area contributed by atoms with Gasteiger partial charge in [-0.1, -0.05) is 66.2 Å². The molecule has 5 rings (SSSR count). The number of aromatic nitrogens is 2. The molecule has 34 heavy (non-hydrogen) atoms. The molecular weight excluding hydrogens is 450 g/mol. The predicted octanol–water partition coefficient (Wildman–Crippen LogP) is 4.65. The van der Waals surface area contributed by atoms with E-state index in [9.17, 15) is 9.90 Å². The summed E-state index contributed by atoms with van der Waals surface area (Å²) in [6, 6.07) is 25.1. The molecule has 1 aliphatic heterocycles. The van der Waals surface area contributed by atoms with Crippen LogP contribution in [0.1, 0.15) is 23.7 Å². The lowest BCUT2D eigenvalue weighted by Crippen LogP contribution is -2.26. The Morgan fingerprint density at radius 2 is 1.76 bits per heavy atom. The van der Waals surface area contributed by atoms with Crippen LogP contribution in [-0.2, 0) is 17.9 Å². The number of imidazole rings is 1. The lowest BCUT2D eigenvalue weighted by molar-refractivity contribution is -0.128. The Balaban J connectivity index is 1.35. The molecule has 3 aromatic carbocycles. The van der Waals surface area contributed by atoms with Gasteiger partial charge in [-0.05, 0) is 29.8 Å². The van der Waals surface area contributed by atoms with Gasteiger partial charge in [0.1, 0.15) is 24.3 Å². The molecule has 0 saturated carbocycles. The van der Waals surface area contributed by atoms with Crippen molar-refractivity contribution in [2.75, 3.05) is 13.2 Å². The number of halogens is 1. The fourth-order valence-electron chi connectivity index (χ4n) is 4.51. The SMILES string of the molecule is O=C1C[C@H](c2nc3ccccc3n2C[C@@H](O)COc2ccccc2Cl)CN1Cc1ccccc1. The Hall–Kier alpha value is -3.35. The molecule has 1 N–H and O–H groups in total. The summed E-state index contributed by atoms with van der Waals surface area (Å²) in [6.07, 6.45) is -0.368. The van der Waals surface area contributed by atoms with Crippen molar-refractivity contribution in [3.63, 3.8) is 0 Å². The zero-order chi connectivity index (χ0) is 23.5. The molecule has 2 heterocycles. The van der Waals surface area contributed by atoms with Gasteiger partial charge in [0.05, 0.1) is 22.6 Å². The average Bonchev–Trinajstić information content (AvgIpc) is 3.39. The molecule has 1 aromatic heterocycles. The fourth-order valence-corrected chi connectivity index (χ4v) is 4.70. The van der Waals surface area contributed by atoms with Crippen molar-refractivity contribution < 1.29 is 14.6 Å². The van der Waals surface area contributed by atoms with Gasteiger partial charge in [0.15, 0.2) is 0 Å². The maximum absolute atomic E-state index is 12.8. The van der Waals surface area contributed by atoms with Crippen LogP contribution in [0.3, 0.4) is 0 Å². The minimum atomic E-state index is -0.773. The highest BCUT2D eigenvalue weighted by Crippen LogP contribution is 2.31. The number of para-hydroxylation sites is 3. The molecule has 0 aliphatic carbocycles. The highest BCUT2D eigenvalue weighted by Gasteiger charge is 2.34. The normalized spacial score (nSPS) is 16.8. The van der Waals surface area contributed by atoms with E-state index in [1.807, 2.05) is 76.2 Å². The van der Waals surface area contributed by atoms with Crippen molar-refractivity contribution in [1.29, 1.82) is 0 Å². The smallest absolute Gasteiger partial charge is 0.223 e. The van der Waals surface area contributed by atoms with E-state index in [4.69, 9.17) is 21.3 Å². The third-order valence-electron chi connectivity index (χ3n) is 6.14. The van der Waals surface area contributed by atoms with Crippen LogP contribution in [0.4, 0.5) is 0 Å². The number of nitrogens with zero attached hydrogens (tertiary/aromatic N) is 3. The van der Waals surface area contributed by atoms with Gasteiger partial charge < -0.3 is 19.3 Å². The first kappa shape index (κ1) is 22.4. The molecular formula is C27H26ClN3O3. The first-order valence-corrected chi connectivity index (χ1v) is 11.8. The average molecular weight is 476 g/mol. The molecule has 1 saturated heterocycles. The number of carbonyl (C=O) groups is 1. The van der Waals surface area contributed by atoms with Gasteiger partial charge in [-0.3, -0.25) is 4.79 Å². The summed E-state index contributed by atoms with van der Waals surface area (Å²) in [7, 11) is 0. The number of aliphatic hydroxyl groups is 1. The van der Waals surface area contributed by atoms with Crippen molar-refractivity contribution in [2.24, 2.45) is 0 Å². The van der Waals surface area contributed by atoms with Gasteiger partial charge in [-0.2, -0.15) is 0 Å². The van der Waals surface area contributed by atoms with Gasteiger partial charge in [0.2, 0.25) is 5.91 Å². The van der Waals surface area contributed by atoms with Crippen molar-refractivity contribution in [3.8, 4) is 5.75 Å². The number of aliphatic hydroxyl groups excluding tert-OH is 1. The minimum Gasteiger partial charge on any atom is -0.489 e. The highest BCUT2D eigenvalue weighted by atomic mass is 35.5. The second-order valence-corrected chi connectivity index (χ2v) is 9.03. The second-order valence-electron chi connectivity index (χ2n) is 8.63. The molecule has 1 amide bonds. The molecule has 0 spiro atoms. The Kier molecular flexibility index (Phi) is 6.52. The lowest BCUT2D eigenvalue weighted by Gasteiger charge is -2.19. The number of amides is 1. The van der Waals surface area contributed by atoms with E-state index in [2.05, 4.69) is 0 Å². The van der Waals surface area contributed by atoms with Gasteiger partial charge in [0, 0.05) is 25.4 Å². The Morgan fingerprint density at radius 1 is 1.03 bits per heavy atom. The van der Waals surface area contributed by atoms with Crippen LogP contribution in [0.2, 0.25) is 5.02 Å². The van der Waals surface area contributed by atoms with Crippen LogP contribution in [0.15, 0.2) is 78.9 Å². The summed E-state index contributed by atoms with van der Waals surface area (Å²) >= 11 is 6.17. The summed E-state index contributed by atoms with van der Waals surface area (Å²) in [5.41, 5.74) is 2.89. The number of fused-ring (bicyclic) bond motifs is 1. The van der Waals surface area contributed by atoms with Crippen molar-refractivity contribution in [3.05, 3.63) is 95.3 Å². The van der Waals surface area contributed by atoms with Gasteiger partial charge in [0.25, 0.3) is 0 Å². The topological polar surface area (TPSA) is 67.6 Å². The maximum atomic E-state index is 12.8. The number of ether oxygens (including phenoxy) is 1. The lowest BCUT2D eigenvalue weighted by atomic mass is 10.1. The molecule has 1 fully saturated rings. The number of hydrogen-bond acceptors (Lipinski definition) is 4. The third kappa shape index (κ3) is 4.79. The molecule has 174 valence electrons. The number of hydrogen-bond donors (Lipinski definition) is 1. The van der Waals surface area contributed by atoms with Crippen molar-refractivity contribution in [2.45, 2.75) is 31.5 Å². The zero-order valence-electron chi connectivity index (χ0n) is 18.7. The van der Waals surface area contributed by atoms with E-state index >= 15 is 0 Å². The van der Waals surface area contributed by atoms with E-state index in [0.717, 1.165) is 22.4 Å². The van der Waals surface area contributed by atoms with Crippen LogP contribution in [0.25, 0.3) is 11.0 Å². The summed E-state index contributed by atoms with van der Waals surface area (Å²) < 4.78 is 7.77. The van der Waals surface area contributed by atoms with E-state index in [1.165, 1.54) is 0 Å². The van der Waals surface area contributed by atoms with Crippen molar-refractivity contribution in [1.82, 2.24) is 14.5 Å². The van der Waals surface area contributed by atoms with E-state index in [1.54, 1.807) is 12.1 Å². The Bertz CT molecular complexity index is 1290. The molecule has 0 bridgehead atoms. The van der Waals surface area contributed by atoms with Crippen LogP contribution < -0.4 is 4.74 Å². The molecule has 7 heteroatoms. The van der Waals surface area contributed by atoms with E-state index < -0.39 is 6.10 Å². The molecule has 1 aliphatic rings. The monoisotopic (exact) mass is 475 g/mol. The molecule has 4 aromatic rings. The Labute approximate surface area is 203 Å².